The zero-order valence-electron chi connectivity index (χ0n) is 20.4. The molecule has 7 nitrogen and oxygen atoms in total. The number of carbonyl (C=O) groups is 1. The van der Waals surface area contributed by atoms with Crippen molar-refractivity contribution < 1.29 is 17.9 Å². The largest absolute Gasteiger partial charge is 0.495 e. The van der Waals surface area contributed by atoms with Crippen molar-refractivity contribution in [3.05, 3.63) is 88.9 Å². The number of piperazine rings is 1. The third kappa shape index (κ3) is 5.83. The third-order valence-electron chi connectivity index (χ3n) is 6.33. The molecule has 0 atom stereocenters. The fourth-order valence-corrected chi connectivity index (χ4v) is 5.80. The van der Waals surface area contributed by atoms with Gasteiger partial charge in [0.2, 0.25) is 15.9 Å². The zero-order chi connectivity index (χ0) is 25.7. The number of benzene rings is 3. The maximum atomic E-state index is 13.6. The van der Waals surface area contributed by atoms with Crippen molar-refractivity contribution in [1.29, 1.82) is 0 Å². The number of hydrogen-bond donors (Lipinski definition) is 0. The van der Waals surface area contributed by atoms with Gasteiger partial charge in [0.1, 0.15) is 5.75 Å². The first-order valence-corrected chi connectivity index (χ1v) is 13.6. The molecule has 1 aliphatic rings. The van der Waals surface area contributed by atoms with Crippen LogP contribution in [0.25, 0.3) is 0 Å². The molecule has 1 fully saturated rings. The molecular weight excluding hydrogens is 498 g/mol. The Morgan fingerprint density at radius 3 is 2.25 bits per heavy atom. The highest BCUT2D eigenvalue weighted by molar-refractivity contribution is 7.89. The van der Waals surface area contributed by atoms with Crippen LogP contribution in [0.4, 0.5) is 5.69 Å². The predicted octanol–water partition coefficient (Wildman–Crippen LogP) is 4.20. The van der Waals surface area contributed by atoms with Crippen LogP contribution in [0.5, 0.6) is 5.75 Å². The van der Waals surface area contributed by atoms with E-state index in [1.54, 1.807) is 60.5 Å². The summed E-state index contributed by atoms with van der Waals surface area (Å²) in [7, 11) is -2.29. The first kappa shape index (κ1) is 26.0. The Labute approximate surface area is 217 Å². The summed E-state index contributed by atoms with van der Waals surface area (Å²) in [6.45, 7) is 3.86. The number of halogens is 1. The molecule has 0 unspecified atom stereocenters. The molecule has 3 aromatic rings. The Hall–Kier alpha value is -3.07. The van der Waals surface area contributed by atoms with Crippen molar-refractivity contribution in [2.45, 2.75) is 18.4 Å². The molecule has 0 saturated carbocycles. The number of nitrogens with zero attached hydrogens (tertiary/aromatic N) is 3. The fraction of sp³-hybridized carbons (Fsp3) is 0.296. The summed E-state index contributed by atoms with van der Waals surface area (Å²) in [6, 6.07) is 21.5. The van der Waals surface area contributed by atoms with E-state index in [9.17, 15) is 13.2 Å². The van der Waals surface area contributed by atoms with Crippen LogP contribution in [0.15, 0.2) is 77.7 Å². The summed E-state index contributed by atoms with van der Waals surface area (Å²) in [5.41, 5.74) is 2.58. The molecule has 0 bridgehead atoms. The minimum absolute atomic E-state index is 0.00278. The van der Waals surface area contributed by atoms with Crippen LogP contribution < -0.4 is 9.64 Å². The zero-order valence-corrected chi connectivity index (χ0v) is 22.0. The molecule has 36 heavy (non-hydrogen) atoms. The first-order valence-electron chi connectivity index (χ1n) is 11.8. The van der Waals surface area contributed by atoms with Crippen molar-refractivity contribution in [2.24, 2.45) is 0 Å². The first-order chi connectivity index (χ1) is 17.3. The van der Waals surface area contributed by atoms with Crippen LogP contribution >= 0.6 is 11.6 Å². The van der Waals surface area contributed by atoms with E-state index in [-0.39, 0.29) is 23.9 Å². The summed E-state index contributed by atoms with van der Waals surface area (Å²) in [5.74, 6) is 0.546. The van der Waals surface area contributed by atoms with Crippen LogP contribution in [-0.4, -0.2) is 63.4 Å². The van der Waals surface area contributed by atoms with Gasteiger partial charge < -0.3 is 14.5 Å². The average molecular weight is 528 g/mol. The number of para-hydroxylation sites is 2. The van der Waals surface area contributed by atoms with Gasteiger partial charge in [0.15, 0.2) is 0 Å². The number of ether oxygens (including phenoxy) is 1. The second-order valence-electron chi connectivity index (χ2n) is 8.72. The monoisotopic (exact) mass is 527 g/mol. The second-order valence-corrected chi connectivity index (χ2v) is 11.1. The van der Waals surface area contributed by atoms with Crippen LogP contribution in [0.1, 0.15) is 11.1 Å². The number of amides is 1. The number of hydrogen-bond acceptors (Lipinski definition) is 5. The Morgan fingerprint density at radius 1 is 0.944 bits per heavy atom. The molecule has 3 aromatic carbocycles. The molecule has 1 aliphatic heterocycles. The Balaban J connectivity index is 1.51. The summed E-state index contributed by atoms with van der Waals surface area (Å²) in [6.07, 6.45) is 0. The SMILES string of the molecule is COc1ccccc1N1CCN(C(=O)CN(Cc2ccccc2Cl)S(=O)(=O)c2ccc(C)cc2)CC1. The van der Waals surface area contributed by atoms with Crippen molar-refractivity contribution in [1.82, 2.24) is 9.21 Å². The predicted molar refractivity (Wildman–Crippen MR) is 142 cm³/mol. The Bertz CT molecular complexity index is 1310. The molecule has 0 aromatic heterocycles. The number of carbonyl (C=O) groups excluding carboxylic acids is 1. The van der Waals surface area contributed by atoms with Crippen LogP contribution in [0.3, 0.4) is 0 Å². The molecule has 0 aliphatic carbocycles. The number of sulfonamides is 1. The minimum Gasteiger partial charge on any atom is -0.495 e. The van der Waals surface area contributed by atoms with E-state index in [1.165, 1.54) is 4.31 Å². The van der Waals surface area contributed by atoms with Crippen molar-refractivity contribution in [3.63, 3.8) is 0 Å². The van der Waals surface area contributed by atoms with E-state index >= 15 is 0 Å². The molecule has 1 saturated heterocycles. The highest BCUT2D eigenvalue weighted by Crippen LogP contribution is 2.28. The lowest BCUT2D eigenvalue weighted by molar-refractivity contribution is -0.131. The van der Waals surface area contributed by atoms with Gasteiger partial charge in [0.05, 0.1) is 24.2 Å². The van der Waals surface area contributed by atoms with Gasteiger partial charge in [-0.2, -0.15) is 4.31 Å². The fourth-order valence-electron chi connectivity index (χ4n) is 4.24. The molecule has 190 valence electrons. The molecule has 0 spiro atoms. The summed E-state index contributed by atoms with van der Waals surface area (Å²) in [4.78, 5) is 17.4. The summed E-state index contributed by atoms with van der Waals surface area (Å²) < 4.78 is 33.8. The smallest absolute Gasteiger partial charge is 0.243 e. The molecular formula is C27H30ClN3O4S. The van der Waals surface area contributed by atoms with Gasteiger partial charge in [-0.05, 0) is 42.8 Å². The minimum atomic E-state index is -3.93. The maximum Gasteiger partial charge on any atom is 0.243 e. The van der Waals surface area contributed by atoms with Crippen molar-refractivity contribution in [3.8, 4) is 5.75 Å². The summed E-state index contributed by atoms with van der Waals surface area (Å²) in [5, 5.41) is 0.458. The van der Waals surface area contributed by atoms with Gasteiger partial charge in [-0.25, -0.2) is 8.42 Å². The van der Waals surface area contributed by atoms with Crippen LogP contribution in [-0.2, 0) is 21.4 Å². The summed E-state index contributed by atoms with van der Waals surface area (Å²) >= 11 is 6.34. The van der Waals surface area contributed by atoms with Gasteiger partial charge in [0, 0.05) is 37.7 Å². The van der Waals surface area contributed by atoms with E-state index in [0.717, 1.165) is 17.0 Å². The number of anilines is 1. The molecule has 9 heteroatoms. The third-order valence-corrected chi connectivity index (χ3v) is 8.51. The molecule has 0 radical (unpaired) electrons. The van der Waals surface area contributed by atoms with Gasteiger partial charge in [-0.1, -0.05) is 59.6 Å². The Kier molecular flexibility index (Phi) is 8.18. The normalized spacial score (nSPS) is 14.2. The Morgan fingerprint density at radius 2 is 1.58 bits per heavy atom. The van der Waals surface area contributed by atoms with Gasteiger partial charge >= 0.3 is 0 Å². The average Bonchev–Trinajstić information content (AvgIpc) is 2.89. The molecule has 4 rings (SSSR count). The number of rotatable bonds is 8. The number of aryl methyl sites for hydroxylation is 1. The van der Waals surface area contributed by atoms with E-state index in [2.05, 4.69) is 4.90 Å². The van der Waals surface area contributed by atoms with Gasteiger partial charge in [-0.3, -0.25) is 4.79 Å². The highest BCUT2D eigenvalue weighted by Gasteiger charge is 2.30. The van der Waals surface area contributed by atoms with E-state index in [0.29, 0.717) is 36.8 Å². The van der Waals surface area contributed by atoms with Crippen molar-refractivity contribution in [2.75, 3.05) is 44.7 Å². The molecule has 0 N–H and O–H groups in total. The van der Waals surface area contributed by atoms with E-state index in [1.807, 2.05) is 31.2 Å². The van der Waals surface area contributed by atoms with E-state index in [4.69, 9.17) is 16.3 Å². The number of methoxy groups -OCH3 is 1. The molecule has 1 heterocycles. The van der Waals surface area contributed by atoms with Crippen molar-refractivity contribution >= 4 is 33.2 Å². The second kappa shape index (κ2) is 11.3. The topological polar surface area (TPSA) is 70.2 Å². The van der Waals surface area contributed by atoms with Crippen LogP contribution in [0.2, 0.25) is 5.02 Å². The highest BCUT2D eigenvalue weighted by atomic mass is 35.5. The van der Waals surface area contributed by atoms with E-state index < -0.39 is 10.0 Å². The molecule has 1 amide bonds. The van der Waals surface area contributed by atoms with Gasteiger partial charge in [-0.15, -0.1) is 0 Å². The maximum absolute atomic E-state index is 13.6. The quantitative estimate of drug-likeness (QED) is 0.439. The van der Waals surface area contributed by atoms with Crippen LogP contribution in [0, 0.1) is 6.92 Å². The lowest BCUT2D eigenvalue weighted by Crippen LogP contribution is -2.51. The standard InChI is InChI=1S/C27H30ClN3O4S/c1-21-11-13-23(14-12-21)36(33,34)31(19-22-7-3-4-8-24(22)28)20-27(32)30-17-15-29(16-18-30)25-9-5-6-10-26(25)35-2/h3-14H,15-20H2,1-2H3. The lowest BCUT2D eigenvalue weighted by Gasteiger charge is -2.37. The lowest BCUT2D eigenvalue weighted by atomic mass is 10.2. The van der Waals surface area contributed by atoms with Gasteiger partial charge in [0.25, 0.3) is 0 Å².